The number of methoxy groups -OCH3 is 1. The molecule has 0 heterocycles. The minimum atomic E-state index is -2.68. The average Bonchev–Trinajstić information content (AvgIpc) is 2.95. The smallest absolute Gasteiger partial charge is 0.255 e. The molecule has 3 aliphatic carbocycles. The molecule has 43 heavy (non-hydrogen) atoms. The van der Waals surface area contributed by atoms with Crippen LogP contribution in [0.2, 0.25) is 0 Å². The van der Waals surface area contributed by atoms with Gasteiger partial charge in [-0.3, -0.25) is 19.3 Å². The van der Waals surface area contributed by atoms with E-state index in [9.17, 15) is 34.8 Å². The summed E-state index contributed by atoms with van der Waals surface area (Å²) in [4.78, 5) is 41.1. The van der Waals surface area contributed by atoms with E-state index in [1.165, 1.54) is 11.0 Å². The van der Waals surface area contributed by atoms with Gasteiger partial charge in [0, 0.05) is 23.6 Å². The minimum Gasteiger partial charge on any atom is -0.508 e. The number of hydrogen-bond acceptors (Lipinski definition) is 10. The molecule has 1 fully saturated rings. The monoisotopic (exact) mass is 591 g/mol. The Hall–Kier alpha value is -4.19. The van der Waals surface area contributed by atoms with E-state index in [1.807, 2.05) is 18.2 Å². The molecule has 2 aromatic carbocycles. The van der Waals surface area contributed by atoms with Gasteiger partial charge in [-0.25, -0.2) is 0 Å². The van der Waals surface area contributed by atoms with Crippen molar-refractivity contribution >= 4 is 23.2 Å². The maximum absolute atomic E-state index is 14.1. The zero-order valence-corrected chi connectivity index (χ0v) is 24.6. The van der Waals surface area contributed by atoms with Gasteiger partial charge < -0.3 is 36.2 Å². The Kier molecular flexibility index (Phi) is 7.84. The summed E-state index contributed by atoms with van der Waals surface area (Å²) < 4.78 is 5.67. The number of Topliss-reactive ketones (excluding diaryl/α,β-unsaturated/α-hetero) is 2. The molecule has 7 N–H and O–H groups in total. The van der Waals surface area contributed by atoms with Crippen LogP contribution < -0.4 is 15.8 Å². The molecule has 0 aromatic heterocycles. The number of aliphatic hydroxyl groups is 3. The highest BCUT2D eigenvalue weighted by Crippen LogP contribution is 2.54. The highest BCUT2D eigenvalue weighted by molar-refractivity contribution is 6.24. The molecule has 1 unspecified atom stereocenters. The van der Waals surface area contributed by atoms with Crippen LogP contribution in [0.1, 0.15) is 36.5 Å². The van der Waals surface area contributed by atoms with Crippen molar-refractivity contribution in [2.45, 2.75) is 44.4 Å². The maximum Gasteiger partial charge on any atom is 0.255 e. The number of primary amides is 1. The molecule has 1 saturated carbocycles. The minimum absolute atomic E-state index is 0.0129. The lowest BCUT2D eigenvalue weighted by atomic mass is 9.57. The molecule has 0 radical (unpaired) electrons. The molecule has 1 amide bonds. The number of aromatic hydroxyl groups is 1. The Balaban J connectivity index is 1.69. The molecular weight excluding hydrogens is 554 g/mol. The Labute approximate surface area is 249 Å². The van der Waals surface area contributed by atoms with Gasteiger partial charge in [-0.1, -0.05) is 19.1 Å². The summed E-state index contributed by atoms with van der Waals surface area (Å²) in [5.41, 5.74) is 4.70. The summed E-state index contributed by atoms with van der Waals surface area (Å²) in [5.74, 6) is -6.26. The molecule has 0 saturated heterocycles. The van der Waals surface area contributed by atoms with E-state index >= 15 is 0 Å². The van der Waals surface area contributed by atoms with Crippen LogP contribution in [0.25, 0.3) is 16.9 Å². The first-order valence-corrected chi connectivity index (χ1v) is 14.3. The fraction of sp³-hybridized carbons (Fsp3) is 0.406. The van der Waals surface area contributed by atoms with Crippen molar-refractivity contribution in [1.82, 2.24) is 10.2 Å². The lowest BCUT2D eigenvalue weighted by Gasteiger charge is -2.50. The van der Waals surface area contributed by atoms with Gasteiger partial charge in [0.15, 0.2) is 11.4 Å². The van der Waals surface area contributed by atoms with Gasteiger partial charge in [0.25, 0.3) is 5.91 Å². The molecule has 0 aliphatic heterocycles. The average molecular weight is 592 g/mol. The van der Waals surface area contributed by atoms with Gasteiger partial charge in [-0.05, 0) is 80.7 Å². The second kappa shape index (κ2) is 11.1. The van der Waals surface area contributed by atoms with E-state index in [0.29, 0.717) is 23.4 Å². The topological polar surface area (TPSA) is 183 Å². The third-order valence-corrected chi connectivity index (χ3v) is 8.91. The number of phenolic OH excluding ortho intramolecular Hbond substituents is 1. The fourth-order valence-electron chi connectivity index (χ4n) is 6.98. The molecule has 11 nitrogen and oxygen atoms in total. The van der Waals surface area contributed by atoms with E-state index in [4.69, 9.17) is 10.5 Å². The van der Waals surface area contributed by atoms with Crippen molar-refractivity contribution in [2.24, 2.45) is 17.6 Å². The second-order valence-electron chi connectivity index (χ2n) is 11.7. The van der Waals surface area contributed by atoms with Gasteiger partial charge in [-0.2, -0.15) is 0 Å². The van der Waals surface area contributed by atoms with Crippen molar-refractivity contribution in [3.05, 3.63) is 63.9 Å². The molecule has 0 spiro atoms. The fourth-order valence-corrected chi connectivity index (χ4v) is 6.98. The number of aliphatic hydroxyl groups excluding tert-OH is 2. The van der Waals surface area contributed by atoms with Crippen molar-refractivity contribution in [2.75, 3.05) is 27.7 Å². The van der Waals surface area contributed by atoms with Crippen LogP contribution in [0.5, 0.6) is 11.5 Å². The number of ether oxygens (including phenoxy) is 1. The normalized spacial score (nSPS) is 25.0. The van der Waals surface area contributed by atoms with Crippen LogP contribution in [0.3, 0.4) is 0 Å². The number of carbonyl (C=O) groups excluding carboxylic acids is 3. The van der Waals surface area contributed by atoms with Crippen molar-refractivity contribution < 1.29 is 39.5 Å². The van der Waals surface area contributed by atoms with Crippen LogP contribution in [-0.4, -0.2) is 82.2 Å². The number of phenols is 1. The summed E-state index contributed by atoms with van der Waals surface area (Å²) in [6, 6.07) is 7.79. The molecule has 5 rings (SSSR count). The van der Waals surface area contributed by atoms with E-state index in [0.717, 1.165) is 24.1 Å². The number of carbonyl (C=O) groups is 3. The molecule has 4 atom stereocenters. The van der Waals surface area contributed by atoms with Gasteiger partial charge in [0.1, 0.15) is 28.6 Å². The predicted molar refractivity (Wildman–Crippen MR) is 158 cm³/mol. The third kappa shape index (κ3) is 4.59. The van der Waals surface area contributed by atoms with Crippen LogP contribution in [0.15, 0.2) is 47.2 Å². The quantitative estimate of drug-likeness (QED) is 0.196. The number of amides is 1. The Bertz CT molecular complexity index is 1590. The first kappa shape index (κ1) is 30.3. The molecule has 0 bridgehead atoms. The van der Waals surface area contributed by atoms with Gasteiger partial charge >= 0.3 is 0 Å². The number of nitrogens with two attached hydrogens (primary N) is 1. The lowest BCUT2D eigenvalue weighted by molar-refractivity contribution is -0.153. The number of nitrogens with zero attached hydrogens (tertiary/aromatic N) is 1. The standard InChI is InChI=1S/C32H37N3O8/c1-5-10-34-14-15-6-9-22(43-4)18(11-15)17-7-8-21(36)24-19(17)12-16-13-20-26(35(2)3)28(38)25(31(33)41)30(40)32(20,42)29(39)23(16)27(24)37/h6-9,11,16,20,26,34,36-37,40,42H,5,10,12-14H2,1-4H3,(H2,33,41)/t16-,20+,26?,32-/m0/s1. The first-order chi connectivity index (χ1) is 20.4. The highest BCUT2D eigenvalue weighted by Gasteiger charge is 2.64. The number of benzene rings is 2. The van der Waals surface area contributed by atoms with E-state index in [2.05, 4.69) is 12.2 Å². The number of ketones is 2. The zero-order valence-electron chi connectivity index (χ0n) is 24.6. The molecular formula is C32H37N3O8. The summed E-state index contributed by atoms with van der Waals surface area (Å²) in [5, 5.41) is 48.7. The number of likely N-dealkylation sites (N-methyl/N-ethyl adjacent to an activating group) is 1. The van der Waals surface area contributed by atoms with Crippen molar-refractivity contribution in [1.29, 1.82) is 0 Å². The number of nitrogens with one attached hydrogen (secondary N) is 1. The van der Waals surface area contributed by atoms with Crippen LogP contribution in [-0.2, 0) is 27.3 Å². The van der Waals surface area contributed by atoms with Crippen LogP contribution in [0.4, 0.5) is 0 Å². The van der Waals surface area contributed by atoms with Gasteiger partial charge in [0.05, 0.1) is 18.7 Å². The van der Waals surface area contributed by atoms with E-state index in [-0.39, 0.29) is 29.7 Å². The number of rotatable bonds is 8. The molecule has 228 valence electrons. The number of fused-ring (bicyclic) bond motifs is 3. The van der Waals surface area contributed by atoms with Crippen molar-refractivity contribution in [3.63, 3.8) is 0 Å². The van der Waals surface area contributed by atoms with E-state index in [1.54, 1.807) is 27.3 Å². The highest BCUT2D eigenvalue weighted by atomic mass is 16.5. The van der Waals surface area contributed by atoms with Crippen LogP contribution >= 0.6 is 0 Å². The second-order valence-corrected chi connectivity index (χ2v) is 11.7. The zero-order chi connectivity index (χ0) is 31.4. The predicted octanol–water partition coefficient (Wildman–Crippen LogP) is 2.14. The summed E-state index contributed by atoms with van der Waals surface area (Å²) in [6.45, 7) is 3.56. The largest absolute Gasteiger partial charge is 0.508 e. The number of hydrogen-bond donors (Lipinski definition) is 6. The summed E-state index contributed by atoms with van der Waals surface area (Å²) in [6.07, 6.45) is 1.18. The lowest BCUT2D eigenvalue weighted by Crippen LogP contribution is -2.65. The van der Waals surface area contributed by atoms with Gasteiger partial charge in [0.2, 0.25) is 5.78 Å². The Morgan fingerprint density at radius 1 is 1.14 bits per heavy atom. The SMILES string of the molecule is CCCNCc1ccc(OC)c(-c2ccc(O)c3c2C[C@H]2C[C@@H]4C(N(C)C)C(=O)C(C(N)=O)=C(O)[C@@]4(O)C(=O)C2=C3O)c1. The third-order valence-electron chi connectivity index (χ3n) is 8.91. The van der Waals surface area contributed by atoms with Gasteiger partial charge in [-0.15, -0.1) is 0 Å². The van der Waals surface area contributed by atoms with Crippen molar-refractivity contribution in [3.8, 4) is 22.6 Å². The summed E-state index contributed by atoms with van der Waals surface area (Å²) >= 11 is 0. The first-order valence-electron chi connectivity index (χ1n) is 14.3. The maximum atomic E-state index is 14.1. The molecule has 11 heteroatoms. The Morgan fingerprint density at radius 3 is 2.49 bits per heavy atom. The summed E-state index contributed by atoms with van der Waals surface area (Å²) in [7, 11) is 4.69. The van der Waals surface area contributed by atoms with E-state index < -0.39 is 58.0 Å². The van der Waals surface area contributed by atoms with Crippen LogP contribution in [0, 0.1) is 11.8 Å². The Morgan fingerprint density at radius 2 is 1.86 bits per heavy atom. The molecule has 3 aliphatic rings. The molecule has 2 aromatic rings.